The van der Waals surface area contributed by atoms with Gasteiger partial charge in [0.05, 0.1) is 22.2 Å². The van der Waals surface area contributed by atoms with Crippen molar-refractivity contribution in [3.8, 4) is 5.75 Å². The fourth-order valence-corrected chi connectivity index (χ4v) is 2.71. The molecule has 28 heavy (non-hydrogen) atoms. The predicted molar refractivity (Wildman–Crippen MR) is 115 cm³/mol. The molecule has 0 radical (unpaired) electrons. The summed E-state index contributed by atoms with van der Waals surface area (Å²) in [5.41, 5.74) is 4.18. The summed E-state index contributed by atoms with van der Waals surface area (Å²) in [5.74, 6) is -0.186. The van der Waals surface area contributed by atoms with Gasteiger partial charge in [-0.15, -0.1) is 0 Å². The van der Waals surface area contributed by atoms with Gasteiger partial charge in [-0.3, -0.25) is 9.59 Å². The van der Waals surface area contributed by atoms with E-state index in [-0.39, 0.29) is 24.0 Å². The summed E-state index contributed by atoms with van der Waals surface area (Å²) >= 11 is 15.3. The summed E-state index contributed by atoms with van der Waals surface area (Å²) in [7, 11) is 0. The molecule has 0 saturated carbocycles. The lowest BCUT2D eigenvalue weighted by Gasteiger charge is -2.09. The number of carbonyl (C=O) groups is 2. The Morgan fingerprint density at radius 2 is 1.93 bits per heavy atom. The van der Waals surface area contributed by atoms with E-state index in [1.54, 1.807) is 31.2 Å². The second-order valence-corrected chi connectivity index (χ2v) is 7.55. The zero-order valence-corrected chi connectivity index (χ0v) is 18.3. The molecule has 0 aliphatic heterocycles. The molecule has 0 heterocycles. The number of carbonyl (C=O) groups excluding carboxylic acids is 2. The van der Waals surface area contributed by atoms with Crippen molar-refractivity contribution in [3.05, 3.63) is 56.5 Å². The molecule has 2 amide bonds. The van der Waals surface area contributed by atoms with E-state index in [2.05, 4.69) is 31.8 Å². The Hall–Kier alpha value is -2.09. The van der Waals surface area contributed by atoms with Gasteiger partial charge in [0.2, 0.25) is 5.91 Å². The van der Waals surface area contributed by atoms with Crippen LogP contribution in [0, 0.1) is 6.92 Å². The third kappa shape index (κ3) is 6.82. The molecule has 6 nitrogen and oxygen atoms in total. The molecule has 2 rings (SSSR count). The number of ether oxygens (including phenoxy) is 1. The lowest BCUT2D eigenvalue weighted by atomic mass is 10.2. The summed E-state index contributed by atoms with van der Waals surface area (Å²) < 4.78 is 6.37. The van der Waals surface area contributed by atoms with Crippen LogP contribution in [-0.4, -0.2) is 24.1 Å². The fraction of sp³-hybridized carbons (Fsp3) is 0.211. The van der Waals surface area contributed by atoms with Crippen LogP contribution in [0.4, 0.5) is 5.69 Å². The van der Waals surface area contributed by atoms with E-state index in [0.717, 1.165) is 10.0 Å². The monoisotopic (exact) mass is 485 g/mol. The Balaban J connectivity index is 1.80. The van der Waals surface area contributed by atoms with Crippen molar-refractivity contribution in [1.29, 1.82) is 0 Å². The Morgan fingerprint density at radius 3 is 2.64 bits per heavy atom. The number of aryl methyl sites for hydroxylation is 1. The minimum absolute atomic E-state index is 0.0180. The minimum Gasteiger partial charge on any atom is -0.484 e. The van der Waals surface area contributed by atoms with E-state index in [0.29, 0.717) is 22.2 Å². The number of hydrazone groups is 1. The van der Waals surface area contributed by atoms with Gasteiger partial charge < -0.3 is 10.1 Å². The van der Waals surface area contributed by atoms with Crippen LogP contribution in [-0.2, 0) is 9.59 Å². The largest absolute Gasteiger partial charge is 0.484 e. The predicted octanol–water partition coefficient (Wildman–Crippen LogP) is 4.96. The second kappa shape index (κ2) is 10.5. The van der Waals surface area contributed by atoms with E-state index in [1.807, 2.05) is 19.1 Å². The van der Waals surface area contributed by atoms with Crippen molar-refractivity contribution in [1.82, 2.24) is 5.43 Å². The highest BCUT2D eigenvalue weighted by Gasteiger charge is 2.10. The van der Waals surface area contributed by atoms with E-state index >= 15 is 0 Å². The molecule has 0 aliphatic carbocycles. The van der Waals surface area contributed by atoms with Crippen LogP contribution in [0.5, 0.6) is 5.75 Å². The number of rotatable bonds is 7. The van der Waals surface area contributed by atoms with Crippen molar-refractivity contribution >= 4 is 62.3 Å². The number of hydrogen-bond donors (Lipinski definition) is 2. The average molecular weight is 487 g/mol. The molecule has 0 fully saturated rings. The molecular weight excluding hydrogens is 469 g/mol. The maximum atomic E-state index is 12.1. The normalized spacial score (nSPS) is 11.1. The highest BCUT2D eigenvalue weighted by atomic mass is 79.9. The number of anilines is 1. The maximum Gasteiger partial charge on any atom is 0.277 e. The van der Waals surface area contributed by atoms with E-state index in [4.69, 9.17) is 27.9 Å². The minimum atomic E-state index is -0.432. The van der Waals surface area contributed by atoms with Gasteiger partial charge in [-0.05, 0) is 49.7 Å². The highest BCUT2D eigenvalue weighted by molar-refractivity contribution is 9.10. The third-order valence-corrected chi connectivity index (χ3v) is 5.22. The fourth-order valence-electron chi connectivity index (χ4n) is 2.11. The van der Waals surface area contributed by atoms with Crippen molar-refractivity contribution < 1.29 is 14.3 Å². The van der Waals surface area contributed by atoms with Gasteiger partial charge in [0.25, 0.3) is 5.91 Å². The number of benzene rings is 2. The summed E-state index contributed by atoms with van der Waals surface area (Å²) in [6, 6.07) is 10.4. The van der Waals surface area contributed by atoms with Crippen molar-refractivity contribution in [2.75, 3.05) is 11.9 Å². The van der Waals surface area contributed by atoms with Crippen LogP contribution in [0.3, 0.4) is 0 Å². The smallest absolute Gasteiger partial charge is 0.277 e. The molecule has 0 saturated heterocycles. The van der Waals surface area contributed by atoms with Gasteiger partial charge >= 0.3 is 0 Å². The third-order valence-electron chi connectivity index (χ3n) is 3.51. The molecule has 2 aromatic rings. The molecule has 2 aromatic carbocycles. The van der Waals surface area contributed by atoms with Gasteiger partial charge in [0.15, 0.2) is 6.61 Å². The molecule has 0 aliphatic rings. The van der Waals surface area contributed by atoms with Gasteiger partial charge in [-0.1, -0.05) is 45.2 Å². The summed E-state index contributed by atoms with van der Waals surface area (Å²) in [4.78, 5) is 23.9. The molecule has 0 unspecified atom stereocenters. The molecular formula is C19H18BrCl2N3O3. The Bertz CT molecular complexity index is 919. The van der Waals surface area contributed by atoms with Crippen LogP contribution in [0.25, 0.3) is 0 Å². The Labute approximate surface area is 181 Å². The maximum absolute atomic E-state index is 12.1. The van der Waals surface area contributed by atoms with Crippen LogP contribution in [0.1, 0.15) is 18.9 Å². The standard InChI is InChI=1S/C19H18BrCl2N3O3/c1-11-8-13(6-7-14(11)20)28-10-18(27)25-24-12(2)9-17(26)23-16-5-3-4-15(21)19(16)22/h3-8H,9-10H2,1-2H3,(H,23,26)(H,25,27)/b24-12-. The van der Waals surface area contributed by atoms with Gasteiger partial charge in [0, 0.05) is 10.2 Å². The first-order valence-electron chi connectivity index (χ1n) is 8.21. The molecule has 0 spiro atoms. The lowest BCUT2D eigenvalue weighted by molar-refractivity contribution is -0.123. The van der Waals surface area contributed by atoms with E-state index in [1.165, 1.54) is 0 Å². The van der Waals surface area contributed by atoms with Crippen LogP contribution >= 0.6 is 39.1 Å². The van der Waals surface area contributed by atoms with E-state index < -0.39 is 5.91 Å². The number of nitrogens with one attached hydrogen (secondary N) is 2. The number of nitrogens with zero attached hydrogens (tertiary/aromatic N) is 1. The van der Waals surface area contributed by atoms with Crippen LogP contribution in [0.2, 0.25) is 10.0 Å². The average Bonchev–Trinajstić information content (AvgIpc) is 2.64. The SMILES string of the molecule is C/C(CC(=O)Nc1cccc(Cl)c1Cl)=N/NC(=O)COc1ccc(Br)c(C)c1. The Morgan fingerprint density at radius 1 is 1.18 bits per heavy atom. The molecule has 0 bridgehead atoms. The van der Waals surface area contributed by atoms with Crippen molar-refractivity contribution in [3.63, 3.8) is 0 Å². The zero-order chi connectivity index (χ0) is 20.7. The number of hydrogen-bond acceptors (Lipinski definition) is 4. The van der Waals surface area contributed by atoms with Crippen LogP contribution in [0.15, 0.2) is 46.0 Å². The summed E-state index contributed by atoms with van der Waals surface area (Å²) in [6.45, 7) is 3.35. The molecule has 0 aromatic heterocycles. The summed E-state index contributed by atoms with van der Waals surface area (Å²) in [6.07, 6.45) is -0.0180. The summed E-state index contributed by atoms with van der Waals surface area (Å²) in [5, 5.41) is 7.16. The van der Waals surface area contributed by atoms with Crippen molar-refractivity contribution in [2.24, 2.45) is 5.10 Å². The quantitative estimate of drug-likeness (QED) is 0.428. The van der Waals surface area contributed by atoms with Gasteiger partial charge in [-0.25, -0.2) is 5.43 Å². The van der Waals surface area contributed by atoms with Crippen molar-refractivity contribution in [2.45, 2.75) is 20.3 Å². The highest BCUT2D eigenvalue weighted by Crippen LogP contribution is 2.29. The van der Waals surface area contributed by atoms with Gasteiger partial charge in [0.1, 0.15) is 5.75 Å². The first-order chi connectivity index (χ1) is 13.3. The molecule has 148 valence electrons. The first kappa shape index (κ1) is 22.2. The first-order valence-corrected chi connectivity index (χ1v) is 9.76. The van der Waals surface area contributed by atoms with Crippen LogP contribution < -0.4 is 15.5 Å². The van der Waals surface area contributed by atoms with E-state index in [9.17, 15) is 9.59 Å². The number of halogens is 3. The second-order valence-electron chi connectivity index (χ2n) is 5.91. The molecule has 2 N–H and O–H groups in total. The number of amides is 2. The molecule has 9 heteroatoms. The molecule has 0 atom stereocenters. The van der Waals surface area contributed by atoms with Gasteiger partial charge in [-0.2, -0.15) is 5.10 Å². The topological polar surface area (TPSA) is 79.8 Å². The lowest BCUT2D eigenvalue weighted by Crippen LogP contribution is -2.26. The zero-order valence-electron chi connectivity index (χ0n) is 15.2. The Kier molecular flexibility index (Phi) is 8.29.